The zero-order valence-corrected chi connectivity index (χ0v) is 10.1. The molecule has 0 radical (unpaired) electrons. The highest BCUT2D eigenvalue weighted by Gasteiger charge is 2.12. The van der Waals surface area contributed by atoms with E-state index in [2.05, 4.69) is 0 Å². The second-order valence-electron chi connectivity index (χ2n) is 3.61. The van der Waals surface area contributed by atoms with Crippen molar-refractivity contribution in [2.45, 2.75) is 13.8 Å². The fourth-order valence-electron chi connectivity index (χ4n) is 1.06. The molecule has 0 aliphatic carbocycles. The van der Waals surface area contributed by atoms with E-state index in [1.54, 1.807) is 12.1 Å². The molecule has 0 bridgehead atoms. The van der Waals surface area contributed by atoms with Crippen LogP contribution in [0.3, 0.4) is 0 Å². The molecule has 4 heteroatoms. The average Bonchev–Trinajstić information content (AvgIpc) is 2.73. The molecule has 3 nitrogen and oxygen atoms in total. The lowest BCUT2D eigenvalue weighted by atomic mass is 10.2. The van der Waals surface area contributed by atoms with Gasteiger partial charge in [-0.05, 0) is 24.1 Å². The van der Waals surface area contributed by atoms with Gasteiger partial charge in [0.2, 0.25) is 11.6 Å². The Bertz CT molecular complexity index is 418. The number of ketones is 2. The molecule has 0 aliphatic rings. The molecular weight excluding hydrogens is 224 g/mol. The number of Topliss-reactive ketones (excluding diaryl/α,β-unsaturated/α-hetero) is 2. The second kappa shape index (κ2) is 5.72. The highest BCUT2D eigenvalue weighted by atomic mass is 32.1. The van der Waals surface area contributed by atoms with Crippen LogP contribution in [-0.4, -0.2) is 23.3 Å². The summed E-state index contributed by atoms with van der Waals surface area (Å²) in [5.41, 5.74) is 0. The highest BCUT2D eigenvalue weighted by Crippen LogP contribution is 2.19. The SMILES string of the molecule is CC(=O)C(=O)c1ccc(/C=C/[C@@H](C)CO)s1. The lowest BCUT2D eigenvalue weighted by Crippen LogP contribution is -2.06. The number of carbonyl (C=O) groups excluding carboxylic acids is 2. The molecule has 0 unspecified atom stereocenters. The summed E-state index contributed by atoms with van der Waals surface area (Å²) in [7, 11) is 0. The minimum Gasteiger partial charge on any atom is -0.396 e. The van der Waals surface area contributed by atoms with Gasteiger partial charge in [0.1, 0.15) is 0 Å². The van der Waals surface area contributed by atoms with Crippen molar-refractivity contribution >= 4 is 29.0 Å². The van der Waals surface area contributed by atoms with Gasteiger partial charge in [0.25, 0.3) is 0 Å². The Hall–Kier alpha value is -1.26. The molecule has 1 heterocycles. The van der Waals surface area contributed by atoms with Crippen molar-refractivity contribution in [1.29, 1.82) is 0 Å². The molecule has 0 saturated heterocycles. The van der Waals surface area contributed by atoms with Crippen LogP contribution in [0.4, 0.5) is 0 Å². The molecule has 0 spiro atoms. The number of hydrogen-bond donors (Lipinski definition) is 1. The molecule has 0 aromatic carbocycles. The van der Waals surface area contributed by atoms with Crippen molar-refractivity contribution in [2.24, 2.45) is 5.92 Å². The molecule has 0 amide bonds. The lowest BCUT2D eigenvalue weighted by Gasteiger charge is -1.96. The molecule has 16 heavy (non-hydrogen) atoms. The summed E-state index contributed by atoms with van der Waals surface area (Å²) in [5.74, 6) is -0.796. The zero-order valence-electron chi connectivity index (χ0n) is 9.27. The summed E-state index contributed by atoms with van der Waals surface area (Å²) in [4.78, 5) is 23.6. The van der Waals surface area contributed by atoms with Crippen LogP contribution >= 0.6 is 11.3 Å². The van der Waals surface area contributed by atoms with E-state index in [0.717, 1.165) is 4.88 Å². The van der Waals surface area contributed by atoms with Gasteiger partial charge in [0.15, 0.2) is 0 Å². The predicted octanol–water partition coefficient (Wildman–Crippen LogP) is 2.16. The third-order valence-corrected chi connectivity index (χ3v) is 3.10. The van der Waals surface area contributed by atoms with Crippen LogP contribution in [-0.2, 0) is 4.79 Å². The van der Waals surface area contributed by atoms with Crippen LogP contribution in [0.15, 0.2) is 18.2 Å². The topological polar surface area (TPSA) is 54.4 Å². The van der Waals surface area contributed by atoms with Gasteiger partial charge in [0.05, 0.1) is 4.88 Å². The van der Waals surface area contributed by atoms with E-state index in [9.17, 15) is 9.59 Å². The second-order valence-corrected chi connectivity index (χ2v) is 4.72. The minimum absolute atomic E-state index is 0.0917. The summed E-state index contributed by atoms with van der Waals surface area (Å²) in [5, 5.41) is 8.83. The Morgan fingerprint density at radius 2 is 2.19 bits per heavy atom. The first-order chi connectivity index (χ1) is 7.54. The molecule has 1 aromatic heterocycles. The van der Waals surface area contributed by atoms with E-state index in [0.29, 0.717) is 4.88 Å². The van der Waals surface area contributed by atoms with E-state index in [-0.39, 0.29) is 12.5 Å². The van der Waals surface area contributed by atoms with Crippen molar-refractivity contribution in [3.63, 3.8) is 0 Å². The van der Waals surface area contributed by atoms with E-state index < -0.39 is 11.6 Å². The maximum atomic E-state index is 11.3. The molecular formula is C12H14O3S. The zero-order chi connectivity index (χ0) is 12.1. The van der Waals surface area contributed by atoms with Gasteiger partial charge in [-0.25, -0.2) is 0 Å². The predicted molar refractivity (Wildman–Crippen MR) is 64.6 cm³/mol. The van der Waals surface area contributed by atoms with Gasteiger partial charge in [-0.1, -0.05) is 13.0 Å². The van der Waals surface area contributed by atoms with Crippen molar-refractivity contribution in [3.05, 3.63) is 28.0 Å². The Morgan fingerprint density at radius 1 is 1.50 bits per heavy atom. The monoisotopic (exact) mass is 238 g/mol. The summed E-state index contributed by atoms with van der Waals surface area (Å²) < 4.78 is 0. The van der Waals surface area contributed by atoms with Gasteiger partial charge >= 0.3 is 0 Å². The van der Waals surface area contributed by atoms with Crippen molar-refractivity contribution < 1.29 is 14.7 Å². The highest BCUT2D eigenvalue weighted by molar-refractivity contribution is 7.15. The normalized spacial score (nSPS) is 12.9. The Morgan fingerprint density at radius 3 is 2.75 bits per heavy atom. The molecule has 0 aliphatic heterocycles. The third kappa shape index (κ3) is 3.40. The van der Waals surface area contributed by atoms with Gasteiger partial charge in [-0.15, -0.1) is 11.3 Å². The maximum Gasteiger partial charge on any atom is 0.238 e. The fraction of sp³-hybridized carbons (Fsp3) is 0.333. The van der Waals surface area contributed by atoms with Gasteiger partial charge in [0, 0.05) is 18.4 Å². The van der Waals surface area contributed by atoms with Crippen LogP contribution in [0.5, 0.6) is 0 Å². The first-order valence-corrected chi connectivity index (χ1v) is 5.80. The first kappa shape index (κ1) is 12.8. The Balaban J connectivity index is 2.76. The maximum absolute atomic E-state index is 11.3. The molecule has 1 N–H and O–H groups in total. The summed E-state index contributed by atoms with van der Waals surface area (Å²) in [6.45, 7) is 3.26. The van der Waals surface area contributed by atoms with Crippen LogP contribution in [0, 0.1) is 5.92 Å². The Kier molecular flexibility index (Phi) is 4.58. The lowest BCUT2D eigenvalue weighted by molar-refractivity contribution is -0.113. The minimum atomic E-state index is -0.445. The van der Waals surface area contributed by atoms with E-state index in [4.69, 9.17) is 5.11 Å². The fourth-order valence-corrected chi connectivity index (χ4v) is 1.97. The van der Waals surface area contributed by atoms with Crippen LogP contribution in [0.2, 0.25) is 0 Å². The number of carbonyl (C=O) groups is 2. The number of aliphatic hydroxyl groups excluding tert-OH is 1. The third-order valence-electron chi connectivity index (χ3n) is 2.05. The summed E-state index contributed by atoms with van der Waals surface area (Å²) in [6.07, 6.45) is 3.72. The van der Waals surface area contributed by atoms with Crippen LogP contribution < -0.4 is 0 Å². The smallest absolute Gasteiger partial charge is 0.238 e. The molecule has 1 atom stereocenters. The summed E-state index contributed by atoms with van der Waals surface area (Å²) >= 11 is 1.28. The first-order valence-electron chi connectivity index (χ1n) is 4.98. The molecule has 0 fully saturated rings. The van der Waals surface area contributed by atoms with Crippen LogP contribution in [0.25, 0.3) is 6.08 Å². The van der Waals surface area contributed by atoms with Gasteiger partial charge in [-0.3, -0.25) is 9.59 Å². The number of hydrogen-bond acceptors (Lipinski definition) is 4. The van der Waals surface area contributed by atoms with Crippen LogP contribution in [0.1, 0.15) is 28.4 Å². The molecule has 1 rings (SSSR count). The number of aliphatic hydroxyl groups is 1. The molecule has 1 aromatic rings. The van der Waals surface area contributed by atoms with Gasteiger partial charge < -0.3 is 5.11 Å². The van der Waals surface area contributed by atoms with E-state index in [1.807, 2.05) is 19.1 Å². The average molecular weight is 238 g/mol. The van der Waals surface area contributed by atoms with Crippen molar-refractivity contribution in [2.75, 3.05) is 6.61 Å². The summed E-state index contributed by atoms with van der Waals surface area (Å²) in [6, 6.07) is 3.44. The van der Waals surface area contributed by atoms with Crippen molar-refractivity contribution in [3.8, 4) is 0 Å². The molecule has 0 saturated carbocycles. The molecule has 86 valence electrons. The van der Waals surface area contributed by atoms with Gasteiger partial charge in [-0.2, -0.15) is 0 Å². The number of rotatable bonds is 5. The quantitative estimate of drug-likeness (QED) is 0.631. The van der Waals surface area contributed by atoms with E-state index in [1.165, 1.54) is 18.3 Å². The Labute approximate surface area is 98.4 Å². The van der Waals surface area contributed by atoms with Crippen molar-refractivity contribution in [1.82, 2.24) is 0 Å². The number of thiophene rings is 1. The standard InChI is InChI=1S/C12H14O3S/c1-8(7-13)3-4-10-5-6-11(16-10)12(15)9(2)14/h3-6,8,13H,7H2,1-2H3/b4-3+/t8-/m1/s1. The largest absolute Gasteiger partial charge is 0.396 e. The van der Waals surface area contributed by atoms with E-state index >= 15 is 0 Å².